The number of imidazole rings is 1. The van der Waals surface area contributed by atoms with Gasteiger partial charge in [-0.05, 0) is 0 Å². The van der Waals surface area contributed by atoms with Crippen LogP contribution in [0.4, 0.5) is 5.95 Å². The lowest BCUT2D eigenvalue weighted by molar-refractivity contribution is -0.210. The van der Waals surface area contributed by atoms with Crippen molar-refractivity contribution in [1.29, 1.82) is 0 Å². The Hall–Kier alpha value is -1.52. The summed E-state index contributed by atoms with van der Waals surface area (Å²) in [4.78, 5) is 11.8. The van der Waals surface area contributed by atoms with Crippen LogP contribution in [0, 0.1) is 0 Å². The van der Waals surface area contributed by atoms with E-state index in [2.05, 4.69) is 15.0 Å². The molecule has 0 unspecified atom stereocenters. The monoisotopic (exact) mass is 301 g/mol. The van der Waals surface area contributed by atoms with Crippen molar-refractivity contribution in [1.82, 2.24) is 19.5 Å². The zero-order chi connectivity index (χ0) is 14.4. The van der Waals surface area contributed by atoms with Crippen molar-refractivity contribution in [3.8, 4) is 0 Å². The molecule has 0 saturated carbocycles. The molecule has 3 heterocycles. The van der Waals surface area contributed by atoms with Crippen LogP contribution in [0.1, 0.15) is 6.23 Å². The van der Waals surface area contributed by atoms with Gasteiger partial charge in [0.2, 0.25) is 5.95 Å². The predicted octanol–water partition coefficient (Wildman–Crippen LogP) is -1.33. The van der Waals surface area contributed by atoms with E-state index in [1.807, 2.05) is 0 Å². The van der Waals surface area contributed by atoms with Gasteiger partial charge in [-0.15, -0.1) is 0 Å². The predicted molar refractivity (Wildman–Crippen MR) is 67.8 cm³/mol. The van der Waals surface area contributed by atoms with Crippen molar-refractivity contribution < 1.29 is 20.1 Å². The number of nitrogens with zero attached hydrogens (tertiary/aromatic N) is 4. The summed E-state index contributed by atoms with van der Waals surface area (Å²) in [7, 11) is 0. The van der Waals surface area contributed by atoms with Crippen LogP contribution in [-0.4, -0.2) is 59.8 Å². The van der Waals surface area contributed by atoms with E-state index in [0.717, 1.165) is 0 Å². The topological polar surface area (TPSA) is 140 Å². The molecule has 1 aliphatic rings. The molecular formula is C10H12ClN5O4. The van der Waals surface area contributed by atoms with Gasteiger partial charge in [-0.2, -0.15) is 9.97 Å². The number of hydrogen-bond donors (Lipinski definition) is 4. The maximum Gasteiger partial charge on any atom is 0.223 e. The minimum Gasteiger partial charge on any atom is -0.388 e. The number of aromatic nitrogens is 4. The first-order valence-electron chi connectivity index (χ1n) is 5.80. The molecule has 20 heavy (non-hydrogen) atoms. The number of rotatable bonds is 1. The second-order valence-corrected chi connectivity index (χ2v) is 4.83. The molecule has 0 bridgehead atoms. The van der Waals surface area contributed by atoms with Crippen LogP contribution >= 0.6 is 11.6 Å². The molecule has 1 saturated heterocycles. The van der Waals surface area contributed by atoms with Crippen molar-refractivity contribution in [3.63, 3.8) is 0 Å². The average Bonchev–Trinajstić information content (AvgIpc) is 2.80. The number of aliphatic hydroxyl groups is 3. The van der Waals surface area contributed by atoms with Crippen LogP contribution in [0.15, 0.2) is 6.33 Å². The Balaban J connectivity index is 2.06. The largest absolute Gasteiger partial charge is 0.388 e. The van der Waals surface area contributed by atoms with Crippen LogP contribution in [-0.2, 0) is 4.74 Å². The van der Waals surface area contributed by atoms with Crippen LogP contribution in [0.3, 0.4) is 0 Å². The molecule has 108 valence electrons. The molecule has 9 nitrogen and oxygen atoms in total. The molecule has 1 aliphatic heterocycles. The maximum atomic E-state index is 9.99. The molecule has 1 fully saturated rings. The first-order chi connectivity index (χ1) is 9.49. The Morgan fingerprint density at radius 1 is 1.30 bits per heavy atom. The fourth-order valence-electron chi connectivity index (χ4n) is 2.12. The number of hydrogen-bond acceptors (Lipinski definition) is 8. The van der Waals surface area contributed by atoms with Gasteiger partial charge in [-0.25, -0.2) is 4.98 Å². The van der Waals surface area contributed by atoms with Crippen molar-refractivity contribution in [2.45, 2.75) is 24.5 Å². The zero-order valence-corrected chi connectivity index (χ0v) is 10.8. The van der Waals surface area contributed by atoms with Crippen LogP contribution in [0.25, 0.3) is 11.2 Å². The first-order valence-corrected chi connectivity index (χ1v) is 6.18. The van der Waals surface area contributed by atoms with E-state index in [1.165, 1.54) is 10.9 Å². The molecule has 5 N–H and O–H groups in total. The highest BCUT2D eigenvalue weighted by molar-refractivity contribution is 6.33. The van der Waals surface area contributed by atoms with Gasteiger partial charge in [-0.3, -0.25) is 4.57 Å². The molecule has 4 atom stereocenters. The molecule has 3 rings (SSSR count). The van der Waals surface area contributed by atoms with Crippen molar-refractivity contribution >= 4 is 28.7 Å². The summed E-state index contributed by atoms with van der Waals surface area (Å²) in [5.74, 6) is -0.0462. The Bertz CT molecular complexity index is 650. The summed E-state index contributed by atoms with van der Waals surface area (Å²) < 4.78 is 6.71. The van der Waals surface area contributed by atoms with Gasteiger partial charge >= 0.3 is 0 Å². The number of halogens is 1. The van der Waals surface area contributed by atoms with E-state index in [4.69, 9.17) is 22.1 Å². The van der Waals surface area contributed by atoms with Gasteiger partial charge < -0.3 is 25.8 Å². The zero-order valence-electron chi connectivity index (χ0n) is 10.1. The van der Waals surface area contributed by atoms with E-state index in [1.54, 1.807) is 0 Å². The van der Waals surface area contributed by atoms with E-state index in [-0.39, 0.29) is 23.4 Å². The number of ether oxygens (including phenoxy) is 1. The van der Waals surface area contributed by atoms with Gasteiger partial charge in [0.1, 0.15) is 23.8 Å². The number of anilines is 1. The standard InChI is InChI=1S/C10H12ClN5O4/c11-7-4-8(15-10(12)14-7)16(2-13-4)9-6(19)5(18)3(17)1-20-9/h2-3,5-6,9,17-19H,1H2,(H2,12,14,15)/t3-,5-,6+,9-/m1/s1. The summed E-state index contributed by atoms with van der Waals surface area (Å²) >= 11 is 5.90. The Labute approximate surface area is 117 Å². The highest BCUT2D eigenvalue weighted by Gasteiger charge is 2.39. The summed E-state index contributed by atoms with van der Waals surface area (Å²) in [5.41, 5.74) is 6.10. The lowest BCUT2D eigenvalue weighted by atomic mass is 10.0. The number of nitrogen functional groups attached to an aromatic ring is 1. The average molecular weight is 302 g/mol. The molecule has 2 aromatic rings. The summed E-state index contributed by atoms with van der Waals surface area (Å²) in [6, 6.07) is 0. The van der Waals surface area contributed by atoms with E-state index in [0.29, 0.717) is 5.52 Å². The highest BCUT2D eigenvalue weighted by Crippen LogP contribution is 2.28. The minimum atomic E-state index is -1.34. The normalized spacial score (nSPS) is 30.8. The lowest BCUT2D eigenvalue weighted by Gasteiger charge is -2.35. The minimum absolute atomic E-state index is 0.0462. The van der Waals surface area contributed by atoms with Crippen LogP contribution in [0.2, 0.25) is 5.15 Å². The highest BCUT2D eigenvalue weighted by atomic mass is 35.5. The molecule has 2 aromatic heterocycles. The maximum absolute atomic E-state index is 9.99. The third kappa shape index (κ3) is 2.00. The van der Waals surface area contributed by atoms with E-state index in [9.17, 15) is 15.3 Å². The smallest absolute Gasteiger partial charge is 0.223 e. The van der Waals surface area contributed by atoms with Crippen molar-refractivity contribution in [3.05, 3.63) is 11.5 Å². The molecule has 0 radical (unpaired) electrons. The van der Waals surface area contributed by atoms with Crippen LogP contribution in [0.5, 0.6) is 0 Å². The molecule has 0 aromatic carbocycles. The number of fused-ring (bicyclic) bond motifs is 1. The molecule has 0 aliphatic carbocycles. The molecule has 0 amide bonds. The van der Waals surface area contributed by atoms with Gasteiger partial charge in [0, 0.05) is 0 Å². The Morgan fingerprint density at radius 3 is 2.80 bits per heavy atom. The van der Waals surface area contributed by atoms with Gasteiger partial charge in [0.05, 0.1) is 12.9 Å². The number of aliphatic hydroxyl groups excluding tert-OH is 3. The van der Waals surface area contributed by atoms with E-state index >= 15 is 0 Å². The number of nitrogens with two attached hydrogens (primary N) is 1. The van der Waals surface area contributed by atoms with Gasteiger partial charge in [0.25, 0.3) is 0 Å². The SMILES string of the molecule is Nc1nc(Cl)c2ncn([C@@H]3OC[C@@H](O)[C@@H](O)[C@@H]3O)c2n1. The van der Waals surface area contributed by atoms with Crippen LogP contribution < -0.4 is 5.73 Å². The third-order valence-electron chi connectivity index (χ3n) is 3.14. The van der Waals surface area contributed by atoms with Gasteiger partial charge in [0.15, 0.2) is 17.0 Å². The third-order valence-corrected chi connectivity index (χ3v) is 3.41. The second kappa shape index (κ2) is 4.79. The lowest BCUT2D eigenvalue weighted by Crippen LogP contribution is -2.50. The van der Waals surface area contributed by atoms with Crippen molar-refractivity contribution in [2.24, 2.45) is 0 Å². The second-order valence-electron chi connectivity index (χ2n) is 4.47. The first kappa shape index (κ1) is 13.5. The molecule has 0 spiro atoms. The van der Waals surface area contributed by atoms with E-state index < -0.39 is 24.5 Å². The Kier molecular flexibility index (Phi) is 3.22. The Morgan fingerprint density at radius 2 is 2.05 bits per heavy atom. The fourth-order valence-corrected chi connectivity index (χ4v) is 2.34. The summed E-state index contributed by atoms with van der Waals surface area (Å²) in [5, 5.41) is 29.2. The quantitative estimate of drug-likeness (QED) is 0.475. The molecule has 10 heteroatoms. The van der Waals surface area contributed by atoms with Crippen molar-refractivity contribution in [2.75, 3.05) is 12.3 Å². The fraction of sp³-hybridized carbons (Fsp3) is 0.500. The molecular weight excluding hydrogens is 290 g/mol. The van der Waals surface area contributed by atoms with Gasteiger partial charge in [-0.1, -0.05) is 11.6 Å². The summed E-state index contributed by atoms with van der Waals surface area (Å²) in [6.45, 7) is -0.128. The summed E-state index contributed by atoms with van der Waals surface area (Å²) in [6.07, 6.45) is -3.43.